The van der Waals surface area contributed by atoms with Crippen LogP contribution in [-0.2, 0) is 17.6 Å². The molecule has 1 aliphatic carbocycles. The van der Waals surface area contributed by atoms with Crippen molar-refractivity contribution in [1.29, 1.82) is 0 Å². The third-order valence-corrected chi connectivity index (χ3v) is 5.02. The van der Waals surface area contributed by atoms with Crippen LogP contribution < -0.4 is 4.74 Å². The van der Waals surface area contributed by atoms with Gasteiger partial charge in [-0.1, -0.05) is 26.2 Å². The minimum Gasteiger partial charge on any atom is -0.481 e. The van der Waals surface area contributed by atoms with Crippen LogP contribution in [0.25, 0.3) is 11.0 Å². The van der Waals surface area contributed by atoms with Crippen molar-refractivity contribution < 1.29 is 13.9 Å². The SMILES string of the molecule is CCCCCCC(Oc1ccc2oc3c(c2c1)CCCC3)C(=O)Cl. The van der Waals surface area contributed by atoms with E-state index in [1.807, 2.05) is 18.2 Å². The number of carbonyl (C=O) groups excluding carboxylic acids is 1. The summed E-state index contributed by atoms with van der Waals surface area (Å²) in [5.74, 6) is 1.81. The molecule has 0 N–H and O–H groups in total. The number of carbonyl (C=O) groups is 1. The summed E-state index contributed by atoms with van der Waals surface area (Å²) in [4.78, 5) is 11.7. The Balaban J connectivity index is 1.74. The number of rotatable bonds is 8. The van der Waals surface area contributed by atoms with E-state index < -0.39 is 11.3 Å². The first-order valence-electron chi connectivity index (χ1n) is 9.09. The normalized spacial score (nSPS) is 15.2. The van der Waals surface area contributed by atoms with E-state index in [0.29, 0.717) is 12.2 Å². The number of benzene rings is 1. The Kier molecular flexibility index (Phi) is 5.83. The second-order valence-electron chi connectivity index (χ2n) is 6.63. The number of furan rings is 1. The molecule has 0 spiro atoms. The molecule has 0 amide bonds. The number of aryl methyl sites for hydroxylation is 2. The Hall–Kier alpha value is -1.48. The van der Waals surface area contributed by atoms with Gasteiger partial charge in [-0.05, 0) is 61.9 Å². The van der Waals surface area contributed by atoms with Gasteiger partial charge < -0.3 is 9.15 Å². The minimum absolute atomic E-state index is 0.416. The van der Waals surface area contributed by atoms with Gasteiger partial charge in [-0.3, -0.25) is 4.79 Å². The van der Waals surface area contributed by atoms with Crippen LogP contribution in [0.3, 0.4) is 0 Å². The molecule has 1 heterocycles. The molecule has 3 nitrogen and oxygen atoms in total. The number of hydrogen-bond donors (Lipinski definition) is 0. The van der Waals surface area contributed by atoms with E-state index in [1.54, 1.807) is 0 Å². The van der Waals surface area contributed by atoms with Gasteiger partial charge in [0.2, 0.25) is 0 Å². The van der Waals surface area contributed by atoms with E-state index in [1.165, 1.54) is 31.2 Å². The molecule has 24 heavy (non-hydrogen) atoms. The zero-order valence-corrected chi connectivity index (χ0v) is 15.0. The highest BCUT2D eigenvalue weighted by Crippen LogP contribution is 2.34. The molecule has 2 aromatic rings. The number of halogens is 1. The summed E-state index contributed by atoms with van der Waals surface area (Å²) < 4.78 is 11.8. The molecule has 0 bridgehead atoms. The predicted molar refractivity (Wildman–Crippen MR) is 96.9 cm³/mol. The highest BCUT2D eigenvalue weighted by molar-refractivity contribution is 6.64. The molecular formula is C20H25ClO3. The van der Waals surface area contributed by atoms with Crippen molar-refractivity contribution in [2.45, 2.75) is 70.8 Å². The predicted octanol–water partition coefficient (Wildman–Crippen LogP) is 5.79. The Morgan fingerprint density at radius 3 is 2.88 bits per heavy atom. The van der Waals surface area contributed by atoms with Gasteiger partial charge in [0.15, 0.2) is 6.10 Å². The summed E-state index contributed by atoms with van der Waals surface area (Å²) in [7, 11) is 0. The standard InChI is InChI=1S/C20H25ClO3/c1-2-3-4-5-10-19(20(21)22)23-14-11-12-18-16(13-14)15-8-6-7-9-17(15)24-18/h11-13,19H,2-10H2,1H3. The molecule has 130 valence electrons. The fraction of sp³-hybridized carbons (Fsp3) is 0.550. The van der Waals surface area contributed by atoms with Crippen molar-refractivity contribution in [3.8, 4) is 5.75 Å². The molecule has 0 saturated heterocycles. The van der Waals surface area contributed by atoms with Gasteiger partial charge in [0.25, 0.3) is 5.24 Å². The zero-order chi connectivity index (χ0) is 16.9. The molecule has 1 aliphatic rings. The minimum atomic E-state index is -0.566. The van der Waals surface area contributed by atoms with Crippen molar-refractivity contribution in [1.82, 2.24) is 0 Å². The zero-order valence-electron chi connectivity index (χ0n) is 14.3. The molecule has 0 radical (unpaired) electrons. The number of hydrogen-bond acceptors (Lipinski definition) is 3. The number of unbranched alkanes of at least 4 members (excludes halogenated alkanes) is 3. The van der Waals surface area contributed by atoms with Crippen molar-refractivity contribution in [3.63, 3.8) is 0 Å². The number of fused-ring (bicyclic) bond motifs is 3. The summed E-state index contributed by atoms with van der Waals surface area (Å²) in [6.45, 7) is 2.17. The van der Waals surface area contributed by atoms with Gasteiger partial charge in [0, 0.05) is 17.4 Å². The van der Waals surface area contributed by atoms with Crippen LogP contribution >= 0.6 is 11.6 Å². The highest BCUT2D eigenvalue weighted by atomic mass is 35.5. The summed E-state index contributed by atoms with van der Waals surface area (Å²) in [5.41, 5.74) is 2.21. The van der Waals surface area contributed by atoms with Gasteiger partial charge in [-0.2, -0.15) is 0 Å². The van der Waals surface area contributed by atoms with Crippen LogP contribution in [0.1, 0.15) is 63.2 Å². The van der Waals surface area contributed by atoms with E-state index in [0.717, 1.165) is 42.4 Å². The average molecular weight is 349 g/mol. The summed E-state index contributed by atoms with van der Waals surface area (Å²) in [6.07, 6.45) is 8.98. The van der Waals surface area contributed by atoms with Gasteiger partial charge in [0.05, 0.1) is 0 Å². The second-order valence-corrected chi connectivity index (χ2v) is 7.00. The van der Waals surface area contributed by atoms with Gasteiger partial charge in [-0.25, -0.2) is 0 Å². The van der Waals surface area contributed by atoms with Gasteiger partial charge in [-0.15, -0.1) is 0 Å². The largest absolute Gasteiger partial charge is 0.481 e. The molecule has 1 aromatic carbocycles. The van der Waals surface area contributed by atoms with E-state index in [2.05, 4.69) is 6.92 Å². The van der Waals surface area contributed by atoms with E-state index in [9.17, 15) is 4.79 Å². The van der Waals surface area contributed by atoms with Crippen LogP contribution in [0.5, 0.6) is 5.75 Å². The molecule has 3 rings (SSSR count). The smallest absolute Gasteiger partial charge is 0.262 e. The first kappa shape index (κ1) is 17.3. The summed E-state index contributed by atoms with van der Waals surface area (Å²) >= 11 is 5.74. The maximum Gasteiger partial charge on any atom is 0.262 e. The van der Waals surface area contributed by atoms with Crippen molar-refractivity contribution in [2.75, 3.05) is 0 Å². The lowest BCUT2D eigenvalue weighted by molar-refractivity contribution is -0.118. The van der Waals surface area contributed by atoms with Crippen molar-refractivity contribution in [3.05, 3.63) is 29.5 Å². The molecule has 4 heteroatoms. The maximum atomic E-state index is 11.7. The van der Waals surface area contributed by atoms with Crippen LogP contribution in [0.4, 0.5) is 0 Å². The molecule has 1 atom stereocenters. The molecule has 1 aromatic heterocycles. The molecule has 1 unspecified atom stereocenters. The number of ether oxygens (including phenoxy) is 1. The quantitative estimate of drug-likeness (QED) is 0.447. The first-order valence-corrected chi connectivity index (χ1v) is 9.47. The Morgan fingerprint density at radius 2 is 2.08 bits per heavy atom. The van der Waals surface area contributed by atoms with E-state index in [-0.39, 0.29) is 0 Å². The summed E-state index contributed by atoms with van der Waals surface area (Å²) in [5, 5.41) is 0.703. The third kappa shape index (κ3) is 3.94. The van der Waals surface area contributed by atoms with Crippen LogP contribution in [0, 0.1) is 0 Å². The fourth-order valence-corrected chi connectivity index (χ4v) is 3.61. The first-order chi connectivity index (χ1) is 11.7. The van der Waals surface area contributed by atoms with Crippen LogP contribution in [-0.4, -0.2) is 11.3 Å². The van der Waals surface area contributed by atoms with Crippen molar-refractivity contribution in [2.24, 2.45) is 0 Å². The monoisotopic (exact) mass is 348 g/mol. The topological polar surface area (TPSA) is 39.4 Å². The van der Waals surface area contributed by atoms with Gasteiger partial charge in [0.1, 0.15) is 17.1 Å². The second kappa shape index (κ2) is 8.06. The summed E-state index contributed by atoms with van der Waals surface area (Å²) in [6, 6.07) is 5.81. The lowest BCUT2D eigenvalue weighted by Crippen LogP contribution is -2.23. The Morgan fingerprint density at radius 1 is 1.25 bits per heavy atom. The average Bonchev–Trinajstić information content (AvgIpc) is 2.95. The molecule has 0 fully saturated rings. The van der Waals surface area contributed by atoms with Gasteiger partial charge >= 0.3 is 0 Å². The van der Waals surface area contributed by atoms with Crippen LogP contribution in [0.2, 0.25) is 0 Å². The molecular weight excluding hydrogens is 324 g/mol. The van der Waals surface area contributed by atoms with E-state index in [4.69, 9.17) is 20.8 Å². The van der Waals surface area contributed by atoms with Crippen molar-refractivity contribution >= 4 is 27.8 Å². The molecule has 0 aliphatic heterocycles. The Labute approximate surface area is 148 Å². The van der Waals surface area contributed by atoms with Crippen LogP contribution in [0.15, 0.2) is 22.6 Å². The third-order valence-electron chi connectivity index (χ3n) is 4.78. The van der Waals surface area contributed by atoms with E-state index >= 15 is 0 Å². The highest BCUT2D eigenvalue weighted by Gasteiger charge is 2.21. The fourth-order valence-electron chi connectivity index (χ4n) is 3.45. The lowest BCUT2D eigenvalue weighted by atomic mass is 9.96. The Bertz CT molecular complexity index is 704. The maximum absolute atomic E-state index is 11.7. The molecule has 0 saturated carbocycles. The lowest BCUT2D eigenvalue weighted by Gasteiger charge is -2.15.